The summed E-state index contributed by atoms with van der Waals surface area (Å²) in [5.41, 5.74) is 10.5. The maximum Gasteiger partial charge on any atom is 0.219 e. The fraction of sp³-hybridized carbons (Fsp3) is 0.231. The highest BCUT2D eigenvalue weighted by atomic mass is 19.1. The number of likely N-dealkylation sites (tertiary alicyclic amines) is 1. The van der Waals surface area contributed by atoms with Gasteiger partial charge in [-0.25, -0.2) is 19.3 Å². The lowest BCUT2D eigenvalue weighted by Crippen LogP contribution is -2.48. The van der Waals surface area contributed by atoms with E-state index in [0.29, 0.717) is 35.9 Å². The molecule has 1 amide bonds. The van der Waals surface area contributed by atoms with Crippen molar-refractivity contribution in [3.05, 3.63) is 66.9 Å². The average molecular weight is 455 g/mol. The van der Waals surface area contributed by atoms with Gasteiger partial charge in [-0.15, -0.1) is 0 Å². The van der Waals surface area contributed by atoms with E-state index in [0.717, 1.165) is 28.5 Å². The summed E-state index contributed by atoms with van der Waals surface area (Å²) in [7, 11) is 0. The quantitative estimate of drug-likeness (QED) is 0.505. The number of benzene rings is 2. The average Bonchev–Trinajstić information content (AvgIpc) is 3.45. The lowest BCUT2D eigenvalue weighted by molar-refractivity contribution is -0.129. The van der Waals surface area contributed by atoms with Gasteiger partial charge in [-0.1, -0.05) is 12.1 Å². The molecule has 2 N–H and O–H groups in total. The number of nitrogen functional groups attached to an aromatic ring is 1. The van der Waals surface area contributed by atoms with E-state index < -0.39 is 0 Å². The van der Waals surface area contributed by atoms with Crippen LogP contribution in [0.2, 0.25) is 0 Å². The normalized spacial score (nSPS) is 19.2. The molecule has 0 spiro atoms. The van der Waals surface area contributed by atoms with Gasteiger partial charge < -0.3 is 15.5 Å². The first-order valence-corrected chi connectivity index (χ1v) is 11.3. The van der Waals surface area contributed by atoms with Gasteiger partial charge in [0.2, 0.25) is 5.91 Å². The van der Waals surface area contributed by atoms with E-state index in [1.165, 1.54) is 6.33 Å². The van der Waals surface area contributed by atoms with Crippen molar-refractivity contribution >= 4 is 28.3 Å². The molecule has 2 aliphatic heterocycles. The highest BCUT2D eigenvalue weighted by Crippen LogP contribution is 2.38. The first-order chi connectivity index (χ1) is 16.5. The number of hydrogen-bond acceptors (Lipinski definition) is 6. The maximum absolute atomic E-state index is 15.4. The van der Waals surface area contributed by atoms with Gasteiger partial charge >= 0.3 is 0 Å². The fourth-order valence-corrected chi connectivity index (χ4v) is 5.33. The van der Waals surface area contributed by atoms with Crippen LogP contribution in [0.15, 0.2) is 61.1 Å². The van der Waals surface area contributed by atoms with E-state index in [9.17, 15) is 4.79 Å². The fourth-order valence-electron chi connectivity index (χ4n) is 5.33. The van der Waals surface area contributed by atoms with Crippen molar-refractivity contribution < 1.29 is 9.18 Å². The van der Waals surface area contributed by atoms with Gasteiger partial charge in [0, 0.05) is 43.2 Å². The van der Waals surface area contributed by atoms with Crippen molar-refractivity contribution in [2.75, 3.05) is 23.7 Å². The lowest BCUT2D eigenvalue weighted by atomic mass is 10.0. The molecule has 0 saturated carbocycles. The predicted octanol–water partition coefficient (Wildman–Crippen LogP) is 3.89. The van der Waals surface area contributed by atoms with Crippen molar-refractivity contribution in [3.8, 4) is 22.4 Å². The monoisotopic (exact) mass is 454 g/mol. The van der Waals surface area contributed by atoms with Crippen molar-refractivity contribution in [1.82, 2.24) is 19.9 Å². The van der Waals surface area contributed by atoms with E-state index in [4.69, 9.17) is 5.73 Å². The maximum atomic E-state index is 15.4. The number of anilines is 2. The second kappa shape index (κ2) is 7.76. The second-order valence-electron chi connectivity index (χ2n) is 8.96. The van der Waals surface area contributed by atoms with E-state index in [1.54, 1.807) is 19.2 Å². The zero-order valence-corrected chi connectivity index (χ0v) is 18.6. The summed E-state index contributed by atoms with van der Waals surface area (Å²) in [6, 6.07) is 15.2. The number of halogens is 1. The van der Waals surface area contributed by atoms with Gasteiger partial charge in [-0.3, -0.25) is 4.79 Å². The van der Waals surface area contributed by atoms with Gasteiger partial charge in [0.05, 0.1) is 22.9 Å². The predicted molar refractivity (Wildman–Crippen MR) is 130 cm³/mol. The van der Waals surface area contributed by atoms with Crippen LogP contribution in [-0.2, 0) is 4.79 Å². The Balaban J connectivity index is 1.36. The number of hydrogen-bond donors (Lipinski definition) is 1. The molecule has 2 aromatic heterocycles. The van der Waals surface area contributed by atoms with E-state index in [2.05, 4.69) is 19.9 Å². The number of piperazine rings is 1. The number of nitrogens with two attached hydrogens (primary N) is 1. The number of pyridine rings is 1. The molecule has 2 saturated heterocycles. The Labute approximate surface area is 196 Å². The Kier molecular flexibility index (Phi) is 4.69. The highest BCUT2D eigenvalue weighted by Gasteiger charge is 2.44. The smallest absolute Gasteiger partial charge is 0.219 e. The van der Waals surface area contributed by atoms with Gasteiger partial charge in [0.1, 0.15) is 18.0 Å². The van der Waals surface area contributed by atoms with Crippen LogP contribution in [0.4, 0.5) is 15.9 Å². The second-order valence-corrected chi connectivity index (χ2v) is 8.96. The van der Waals surface area contributed by atoms with Crippen LogP contribution >= 0.6 is 0 Å². The number of carbonyl (C=O) groups excluding carboxylic acids is 1. The molecule has 2 fully saturated rings. The summed E-state index contributed by atoms with van der Waals surface area (Å²) in [5, 5.41) is 0.833. The molecule has 6 rings (SSSR count). The van der Waals surface area contributed by atoms with Crippen LogP contribution in [0.25, 0.3) is 33.3 Å². The molecule has 2 bridgehead atoms. The van der Waals surface area contributed by atoms with Gasteiger partial charge in [0.25, 0.3) is 0 Å². The van der Waals surface area contributed by atoms with Crippen molar-refractivity contribution in [2.45, 2.75) is 25.4 Å². The number of amides is 1. The molecule has 0 radical (unpaired) electrons. The third-order valence-electron chi connectivity index (χ3n) is 6.93. The number of fused-ring (bicyclic) bond motifs is 3. The minimum Gasteiger partial charge on any atom is -0.384 e. The largest absolute Gasteiger partial charge is 0.384 e. The van der Waals surface area contributed by atoms with Crippen LogP contribution < -0.4 is 10.6 Å². The highest BCUT2D eigenvalue weighted by molar-refractivity contribution is 5.95. The third-order valence-corrected chi connectivity index (χ3v) is 6.93. The molecule has 7 nitrogen and oxygen atoms in total. The molecular formula is C26H23FN6O. The summed E-state index contributed by atoms with van der Waals surface area (Å²) in [6.07, 6.45) is 4.06. The van der Waals surface area contributed by atoms with Gasteiger partial charge in [-0.2, -0.15) is 0 Å². The lowest BCUT2D eigenvalue weighted by Gasteiger charge is -2.35. The van der Waals surface area contributed by atoms with Gasteiger partial charge in [-0.05, 0) is 53.9 Å². The molecule has 4 aromatic rings. The minimum atomic E-state index is -0.288. The Hall–Kier alpha value is -4.07. The van der Waals surface area contributed by atoms with Crippen molar-refractivity contribution in [2.24, 2.45) is 0 Å². The molecule has 2 aromatic carbocycles. The summed E-state index contributed by atoms with van der Waals surface area (Å²) < 4.78 is 15.4. The summed E-state index contributed by atoms with van der Waals surface area (Å²) >= 11 is 0. The molecule has 4 heterocycles. The minimum absolute atomic E-state index is 0.0902. The zero-order chi connectivity index (χ0) is 23.4. The molecule has 8 heteroatoms. The Morgan fingerprint density at radius 1 is 0.971 bits per heavy atom. The van der Waals surface area contributed by atoms with Crippen LogP contribution in [-0.4, -0.2) is 50.9 Å². The van der Waals surface area contributed by atoms with Crippen molar-refractivity contribution in [3.63, 3.8) is 0 Å². The number of rotatable bonds is 3. The van der Waals surface area contributed by atoms with E-state index in [-0.39, 0.29) is 23.8 Å². The molecule has 170 valence electrons. The SMILES string of the molecule is CC(=O)N1C[C@@H]2CC1CN2c1ccc(-c2ncnc3ccc(-c4ccnc(N)c4)cc23)cc1F. The number of carbonyl (C=O) groups is 1. The third kappa shape index (κ3) is 3.34. The number of nitrogens with zero attached hydrogens (tertiary/aromatic N) is 5. The van der Waals surface area contributed by atoms with Crippen LogP contribution in [0.1, 0.15) is 13.3 Å². The molecule has 1 unspecified atom stereocenters. The van der Waals surface area contributed by atoms with Crippen LogP contribution in [0.3, 0.4) is 0 Å². The van der Waals surface area contributed by atoms with Gasteiger partial charge in [0.15, 0.2) is 0 Å². The van der Waals surface area contributed by atoms with Crippen LogP contribution in [0, 0.1) is 5.82 Å². The molecule has 2 aliphatic rings. The molecule has 2 atom stereocenters. The molecule has 0 aliphatic carbocycles. The standard InChI is InChI=1S/C26H23FN6O/c1-15(34)32-12-20-11-19(32)13-33(20)24-5-3-18(9-22(24)27)26-21-8-16(2-4-23(21)30-14-31-26)17-6-7-29-25(28)10-17/h2-10,14,19-20H,11-13H2,1H3,(H2,28,29)/t19?,20-/m0/s1. The first-order valence-electron chi connectivity index (χ1n) is 11.3. The zero-order valence-electron chi connectivity index (χ0n) is 18.6. The number of aromatic nitrogens is 3. The topological polar surface area (TPSA) is 88.2 Å². The Morgan fingerprint density at radius 3 is 2.53 bits per heavy atom. The van der Waals surface area contributed by atoms with E-state index in [1.807, 2.05) is 47.4 Å². The van der Waals surface area contributed by atoms with Crippen molar-refractivity contribution in [1.29, 1.82) is 0 Å². The Bertz CT molecular complexity index is 1440. The molecule has 34 heavy (non-hydrogen) atoms. The molecular weight excluding hydrogens is 431 g/mol. The summed E-state index contributed by atoms with van der Waals surface area (Å²) in [6.45, 7) is 2.91. The van der Waals surface area contributed by atoms with E-state index >= 15 is 4.39 Å². The summed E-state index contributed by atoms with van der Waals surface area (Å²) in [4.78, 5) is 28.7. The first kappa shape index (κ1) is 20.5. The summed E-state index contributed by atoms with van der Waals surface area (Å²) in [5.74, 6) is 0.249. The van der Waals surface area contributed by atoms with Crippen LogP contribution in [0.5, 0.6) is 0 Å². The Morgan fingerprint density at radius 2 is 1.79 bits per heavy atom.